The van der Waals surface area contributed by atoms with Crippen LogP contribution in [-0.4, -0.2) is 24.1 Å². The van der Waals surface area contributed by atoms with Crippen molar-refractivity contribution in [1.29, 1.82) is 0 Å². The molecule has 0 spiro atoms. The molecule has 3 N–H and O–H groups in total. The van der Waals surface area contributed by atoms with Crippen LogP contribution in [0.5, 0.6) is 5.75 Å². The van der Waals surface area contributed by atoms with Crippen LogP contribution in [0.2, 0.25) is 5.02 Å². The summed E-state index contributed by atoms with van der Waals surface area (Å²) in [6.45, 7) is 0.158. The maximum absolute atomic E-state index is 12.7. The highest BCUT2D eigenvalue weighted by atomic mass is 35.5. The van der Waals surface area contributed by atoms with E-state index >= 15 is 0 Å². The second-order valence-electron chi connectivity index (χ2n) is 5.07. The number of rotatable bonds is 2. The second kappa shape index (κ2) is 5.48. The molecule has 118 valence electrons. The maximum atomic E-state index is 12.7. The Labute approximate surface area is 137 Å². The van der Waals surface area contributed by atoms with Gasteiger partial charge in [-0.05, 0) is 24.3 Å². The van der Waals surface area contributed by atoms with Gasteiger partial charge in [0.1, 0.15) is 5.75 Å². The molecule has 1 amide bonds. The number of fused-ring (bicyclic) bond motifs is 1. The third-order valence-electron chi connectivity index (χ3n) is 3.74. The minimum atomic E-state index is -0.608. The van der Waals surface area contributed by atoms with E-state index in [2.05, 4.69) is 0 Å². The zero-order chi connectivity index (χ0) is 16.7. The number of hydrogen-bond acceptors (Lipinski definition) is 5. The maximum Gasteiger partial charge on any atom is 0.339 e. The Bertz CT molecular complexity index is 835. The first-order valence-electron chi connectivity index (χ1n) is 6.74. The number of carbonyl (C=O) groups excluding carboxylic acids is 2. The van der Waals surface area contributed by atoms with Crippen LogP contribution in [0.15, 0.2) is 30.3 Å². The standard InChI is InChI=1S/C16H13ClN2O4/c1-23-16(22)9-3-2-8(20)6-13(9)19-7-10-11(17)4-5-12(18)14(10)15(19)21/h2-6,20H,7,18H2,1H3. The highest BCUT2D eigenvalue weighted by Crippen LogP contribution is 2.38. The van der Waals surface area contributed by atoms with E-state index < -0.39 is 5.97 Å². The Balaban J connectivity index is 2.14. The third kappa shape index (κ3) is 2.37. The van der Waals surface area contributed by atoms with Gasteiger partial charge in [-0.2, -0.15) is 0 Å². The summed E-state index contributed by atoms with van der Waals surface area (Å²) >= 11 is 6.15. The monoisotopic (exact) mass is 332 g/mol. The molecule has 0 atom stereocenters. The van der Waals surface area contributed by atoms with E-state index in [1.165, 1.54) is 30.2 Å². The van der Waals surface area contributed by atoms with Crippen LogP contribution < -0.4 is 10.6 Å². The lowest BCUT2D eigenvalue weighted by atomic mass is 10.1. The van der Waals surface area contributed by atoms with Gasteiger partial charge >= 0.3 is 5.97 Å². The number of methoxy groups -OCH3 is 1. The van der Waals surface area contributed by atoms with Crippen molar-refractivity contribution >= 4 is 34.9 Å². The van der Waals surface area contributed by atoms with Crippen LogP contribution in [0.25, 0.3) is 0 Å². The van der Waals surface area contributed by atoms with Crippen LogP contribution >= 0.6 is 11.6 Å². The molecule has 0 unspecified atom stereocenters. The SMILES string of the molecule is COC(=O)c1ccc(O)cc1N1Cc2c(Cl)ccc(N)c2C1=O. The lowest BCUT2D eigenvalue weighted by Crippen LogP contribution is -2.25. The van der Waals surface area contributed by atoms with Crippen molar-refractivity contribution in [3.05, 3.63) is 52.0 Å². The smallest absolute Gasteiger partial charge is 0.339 e. The molecule has 0 aliphatic carbocycles. The third-order valence-corrected chi connectivity index (χ3v) is 4.09. The molecule has 0 bridgehead atoms. The van der Waals surface area contributed by atoms with Crippen molar-refractivity contribution in [1.82, 2.24) is 0 Å². The van der Waals surface area contributed by atoms with Crippen LogP contribution in [0.1, 0.15) is 26.3 Å². The number of nitrogens with zero attached hydrogens (tertiary/aromatic N) is 1. The van der Waals surface area contributed by atoms with Gasteiger partial charge in [-0.3, -0.25) is 4.79 Å². The first-order chi connectivity index (χ1) is 10.9. The van der Waals surface area contributed by atoms with Gasteiger partial charge in [0.2, 0.25) is 0 Å². The summed E-state index contributed by atoms with van der Waals surface area (Å²) in [7, 11) is 1.24. The first kappa shape index (κ1) is 15.2. The van der Waals surface area contributed by atoms with Crippen LogP contribution in [0.3, 0.4) is 0 Å². The van der Waals surface area contributed by atoms with E-state index in [0.29, 0.717) is 21.8 Å². The predicted octanol–water partition coefficient (Wildman–Crippen LogP) is 2.57. The van der Waals surface area contributed by atoms with E-state index in [0.717, 1.165) is 0 Å². The molecule has 2 aromatic rings. The molecule has 1 heterocycles. The lowest BCUT2D eigenvalue weighted by molar-refractivity contribution is 0.0601. The number of anilines is 2. The van der Waals surface area contributed by atoms with Crippen molar-refractivity contribution < 1.29 is 19.4 Å². The molecule has 0 aromatic heterocycles. The number of benzene rings is 2. The normalized spacial score (nSPS) is 13.1. The summed E-state index contributed by atoms with van der Waals surface area (Å²) in [4.78, 5) is 26.0. The van der Waals surface area contributed by atoms with Crippen molar-refractivity contribution in [2.45, 2.75) is 6.54 Å². The number of ether oxygens (including phenoxy) is 1. The number of esters is 1. The molecule has 1 aliphatic rings. The summed E-state index contributed by atoms with van der Waals surface area (Å²) < 4.78 is 4.73. The fraction of sp³-hybridized carbons (Fsp3) is 0.125. The molecule has 0 fully saturated rings. The van der Waals surface area contributed by atoms with Gasteiger partial charge in [0, 0.05) is 22.3 Å². The Morgan fingerprint density at radius 2 is 2.09 bits per heavy atom. The average Bonchev–Trinajstić information content (AvgIpc) is 2.89. The van der Waals surface area contributed by atoms with Gasteiger partial charge in [-0.15, -0.1) is 0 Å². The highest BCUT2D eigenvalue weighted by Gasteiger charge is 2.34. The molecule has 1 aliphatic heterocycles. The summed E-state index contributed by atoms with van der Waals surface area (Å²) in [5, 5.41) is 10.1. The fourth-order valence-electron chi connectivity index (χ4n) is 2.63. The molecule has 2 aromatic carbocycles. The van der Waals surface area contributed by atoms with Crippen LogP contribution in [0, 0.1) is 0 Å². The average molecular weight is 333 g/mol. The minimum Gasteiger partial charge on any atom is -0.508 e. The zero-order valence-electron chi connectivity index (χ0n) is 12.2. The molecular formula is C16H13ClN2O4. The number of amides is 1. The number of hydrogen-bond donors (Lipinski definition) is 2. The number of carbonyl (C=O) groups is 2. The minimum absolute atomic E-state index is 0.0736. The van der Waals surface area contributed by atoms with E-state index in [1.807, 2.05) is 0 Å². The van der Waals surface area contributed by atoms with Gasteiger partial charge in [0.15, 0.2) is 0 Å². The molecule has 0 saturated carbocycles. The lowest BCUT2D eigenvalue weighted by Gasteiger charge is -2.19. The number of halogens is 1. The molecule has 3 rings (SSSR count). The molecule has 0 saturated heterocycles. The van der Waals surface area contributed by atoms with Crippen molar-refractivity contribution in [2.24, 2.45) is 0 Å². The summed E-state index contributed by atoms with van der Waals surface area (Å²) in [5.41, 5.74) is 7.52. The number of nitrogens with two attached hydrogens (primary N) is 1. The summed E-state index contributed by atoms with van der Waals surface area (Å²) in [6.07, 6.45) is 0. The molecule has 6 nitrogen and oxygen atoms in total. The Hall–Kier alpha value is -2.73. The number of phenolic OH excluding ortho intramolecular Hbond substituents is 1. The largest absolute Gasteiger partial charge is 0.508 e. The van der Waals surface area contributed by atoms with Crippen LogP contribution in [0.4, 0.5) is 11.4 Å². The molecule has 23 heavy (non-hydrogen) atoms. The number of nitrogen functional groups attached to an aromatic ring is 1. The predicted molar refractivity (Wildman–Crippen MR) is 85.8 cm³/mol. The van der Waals surface area contributed by atoms with Crippen molar-refractivity contribution in [2.75, 3.05) is 17.7 Å². The van der Waals surface area contributed by atoms with E-state index in [4.69, 9.17) is 22.1 Å². The topological polar surface area (TPSA) is 92.9 Å². The Kier molecular flexibility index (Phi) is 3.61. The van der Waals surface area contributed by atoms with Gasteiger partial charge in [-0.25, -0.2) is 4.79 Å². The van der Waals surface area contributed by atoms with Gasteiger partial charge < -0.3 is 20.5 Å². The van der Waals surface area contributed by atoms with Gasteiger partial charge in [0.25, 0.3) is 5.91 Å². The van der Waals surface area contributed by atoms with Crippen molar-refractivity contribution in [3.63, 3.8) is 0 Å². The highest BCUT2D eigenvalue weighted by molar-refractivity contribution is 6.33. The van der Waals surface area contributed by atoms with E-state index in [-0.39, 0.29) is 29.5 Å². The van der Waals surface area contributed by atoms with E-state index in [9.17, 15) is 14.7 Å². The van der Waals surface area contributed by atoms with E-state index in [1.54, 1.807) is 12.1 Å². The quantitative estimate of drug-likeness (QED) is 0.651. The fourth-order valence-corrected chi connectivity index (χ4v) is 2.85. The molecular weight excluding hydrogens is 320 g/mol. The Morgan fingerprint density at radius 1 is 1.35 bits per heavy atom. The van der Waals surface area contributed by atoms with Crippen LogP contribution in [-0.2, 0) is 11.3 Å². The first-order valence-corrected chi connectivity index (χ1v) is 7.12. The summed E-state index contributed by atoms with van der Waals surface area (Å²) in [5.74, 6) is -1.06. The van der Waals surface area contributed by atoms with Gasteiger partial charge in [-0.1, -0.05) is 11.6 Å². The van der Waals surface area contributed by atoms with Crippen molar-refractivity contribution in [3.8, 4) is 5.75 Å². The molecule has 0 radical (unpaired) electrons. The summed E-state index contributed by atoms with van der Waals surface area (Å²) in [6, 6.07) is 7.27. The van der Waals surface area contributed by atoms with Gasteiger partial charge in [0.05, 0.1) is 30.5 Å². The second-order valence-corrected chi connectivity index (χ2v) is 5.48. The Morgan fingerprint density at radius 3 is 2.74 bits per heavy atom. The number of aromatic hydroxyl groups is 1. The number of phenols is 1. The molecule has 7 heteroatoms. The zero-order valence-corrected chi connectivity index (χ0v) is 12.9.